The summed E-state index contributed by atoms with van der Waals surface area (Å²) in [5.41, 5.74) is 0.206. The summed E-state index contributed by atoms with van der Waals surface area (Å²) in [6.45, 7) is 4.78. The highest BCUT2D eigenvalue weighted by Crippen LogP contribution is 1.88. The maximum Gasteiger partial charge on any atom is 0.356 e. The first-order valence-electron chi connectivity index (χ1n) is 3.21. The second-order valence-electron chi connectivity index (χ2n) is 2.18. The summed E-state index contributed by atoms with van der Waals surface area (Å²) in [6, 6.07) is 0. The molecule has 0 saturated carbocycles. The smallest absolute Gasteiger partial charge is 0.356 e. The number of nitrogens with one attached hydrogen (secondary N) is 1. The van der Waals surface area contributed by atoms with Gasteiger partial charge in [-0.3, -0.25) is 4.79 Å². The first-order chi connectivity index (χ1) is 5.49. The number of carbonyl (C=O) groups is 2. The number of aliphatic hydroxyl groups excluding tert-OH is 1. The topological polar surface area (TPSA) is 75.6 Å². The summed E-state index contributed by atoms with van der Waals surface area (Å²) in [7, 11) is 1.11. The van der Waals surface area contributed by atoms with Crippen molar-refractivity contribution in [2.75, 3.05) is 7.11 Å². The van der Waals surface area contributed by atoms with E-state index in [1.54, 1.807) is 0 Å². The van der Waals surface area contributed by atoms with Gasteiger partial charge >= 0.3 is 5.97 Å². The Balaban J connectivity index is 4.01. The summed E-state index contributed by atoms with van der Waals surface area (Å²) in [6.07, 6.45) is -1.63. The van der Waals surface area contributed by atoms with E-state index in [9.17, 15) is 9.59 Å². The Labute approximate surface area is 70.0 Å². The maximum absolute atomic E-state index is 10.8. The van der Waals surface area contributed by atoms with Gasteiger partial charge in [-0.15, -0.1) is 0 Å². The zero-order chi connectivity index (χ0) is 9.72. The summed E-state index contributed by atoms with van der Waals surface area (Å²) in [4.78, 5) is 21.3. The lowest BCUT2D eigenvalue weighted by Gasteiger charge is -2.09. The van der Waals surface area contributed by atoms with Gasteiger partial charge in [-0.1, -0.05) is 6.58 Å². The Hall–Kier alpha value is -1.36. The third-order valence-electron chi connectivity index (χ3n) is 1.08. The van der Waals surface area contributed by atoms with Crippen LogP contribution in [-0.4, -0.2) is 30.3 Å². The van der Waals surface area contributed by atoms with Gasteiger partial charge in [-0.05, 0) is 6.92 Å². The quantitative estimate of drug-likeness (QED) is 0.332. The lowest BCUT2D eigenvalue weighted by Crippen LogP contribution is -2.41. The van der Waals surface area contributed by atoms with Gasteiger partial charge in [0.25, 0.3) is 0 Å². The number of carbonyl (C=O) groups excluding carboxylic acids is 2. The van der Waals surface area contributed by atoms with Crippen molar-refractivity contribution in [1.29, 1.82) is 0 Å². The van der Waals surface area contributed by atoms with Crippen molar-refractivity contribution < 1.29 is 19.4 Å². The number of esters is 1. The van der Waals surface area contributed by atoms with Crippen molar-refractivity contribution in [3.63, 3.8) is 0 Å². The highest BCUT2D eigenvalue weighted by atomic mass is 16.5. The molecule has 2 N–H and O–H groups in total. The van der Waals surface area contributed by atoms with Crippen molar-refractivity contribution in [3.8, 4) is 0 Å². The molecule has 0 radical (unpaired) electrons. The average Bonchev–Trinajstić information content (AvgIpc) is 2.02. The van der Waals surface area contributed by atoms with Crippen LogP contribution in [-0.2, 0) is 14.3 Å². The van der Waals surface area contributed by atoms with Crippen molar-refractivity contribution in [2.24, 2.45) is 0 Å². The molecule has 0 aromatic carbocycles. The molecule has 5 nitrogen and oxygen atoms in total. The van der Waals surface area contributed by atoms with E-state index in [1.165, 1.54) is 6.92 Å². The predicted octanol–water partition coefficient (Wildman–Crippen LogP) is -0.830. The SMILES string of the molecule is C=C(C)C(=O)NC(O)C(=O)OC. The molecule has 0 aromatic rings. The van der Waals surface area contributed by atoms with E-state index in [1.807, 2.05) is 5.32 Å². The van der Waals surface area contributed by atoms with Crippen molar-refractivity contribution in [2.45, 2.75) is 13.2 Å². The normalized spacial score (nSPS) is 11.6. The molecule has 0 rings (SSSR count). The van der Waals surface area contributed by atoms with Gasteiger partial charge in [0.1, 0.15) is 0 Å². The number of rotatable bonds is 3. The third-order valence-corrected chi connectivity index (χ3v) is 1.08. The van der Waals surface area contributed by atoms with Gasteiger partial charge < -0.3 is 15.2 Å². The fourth-order valence-electron chi connectivity index (χ4n) is 0.418. The summed E-state index contributed by atoms with van der Waals surface area (Å²) in [5.74, 6) is -1.50. The van der Waals surface area contributed by atoms with E-state index in [0.717, 1.165) is 7.11 Å². The highest BCUT2D eigenvalue weighted by Gasteiger charge is 2.17. The van der Waals surface area contributed by atoms with Crippen LogP contribution in [0.25, 0.3) is 0 Å². The number of hydrogen-bond donors (Lipinski definition) is 2. The van der Waals surface area contributed by atoms with Gasteiger partial charge in [0, 0.05) is 5.57 Å². The molecule has 68 valence electrons. The molecule has 0 bridgehead atoms. The lowest BCUT2D eigenvalue weighted by molar-refractivity contribution is -0.154. The minimum Gasteiger partial charge on any atom is -0.466 e. The largest absolute Gasteiger partial charge is 0.466 e. The summed E-state index contributed by atoms with van der Waals surface area (Å²) < 4.78 is 4.16. The van der Waals surface area contributed by atoms with E-state index in [4.69, 9.17) is 5.11 Å². The average molecular weight is 173 g/mol. The number of methoxy groups -OCH3 is 1. The monoisotopic (exact) mass is 173 g/mol. The van der Waals surface area contributed by atoms with Gasteiger partial charge in [-0.25, -0.2) is 4.79 Å². The van der Waals surface area contributed by atoms with E-state index in [-0.39, 0.29) is 5.57 Å². The Kier molecular flexibility index (Phi) is 3.99. The zero-order valence-corrected chi connectivity index (χ0v) is 6.96. The Bertz CT molecular complexity index is 211. The molecular weight excluding hydrogens is 162 g/mol. The summed E-state index contributed by atoms with van der Waals surface area (Å²) in [5, 5.41) is 10.9. The minimum absolute atomic E-state index is 0.206. The van der Waals surface area contributed by atoms with Crippen molar-refractivity contribution in [3.05, 3.63) is 12.2 Å². The zero-order valence-electron chi connectivity index (χ0n) is 6.96. The van der Waals surface area contributed by atoms with Crippen LogP contribution in [0.2, 0.25) is 0 Å². The molecular formula is C7H11NO4. The number of hydrogen-bond acceptors (Lipinski definition) is 4. The van der Waals surface area contributed by atoms with Crippen LogP contribution in [0, 0.1) is 0 Å². The van der Waals surface area contributed by atoms with Crippen LogP contribution in [0.4, 0.5) is 0 Å². The van der Waals surface area contributed by atoms with Crippen LogP contribution in [0.1, 0.15) is 6.92 Å². The van der Waals surface area contributed by atoms with Crippen LogP contribution in [0.15, 0.2) is 12.2 Å². The first kappa shape index (κ1) is 10.6. The molecule has 0 saturated heterocycles. The fraction of sp³-hybridized carbons (Fsp3) is 0.429. The lowest BCUT2D eigenvalue weighted by atomic mass is 10.3. The second kappa shape index (κ2) is 4.50. The second-order valence-corrected chi connectivity index (χ2v) is 2.18. The predicted molar refractivity (Wildman–Crippen MR) is 41.0 cm³/mol. The van der Waals surface area contributed by atoms with Gasteiger partial charge in [0.05, 0.1) is 7.11 Å². The Morgan fingerprint density at radius 3 is 2.42 bits per heavy atom. The van der Waals surface area contributed by atoms with E-state index < -0.39 is 18.1 Å². The standard InChI is InChI=1S/C7H11NO4/c1-4(2)5(9)8-6(10)7(11)12-3/h6,10H,1H2,2-3H3,(H,8,9). The number of ether oxygens (including phenoxy) is 1. The summed E-state index contributed by atoms with van der Waals surface area (Å²) >= 11 is 0. The maximum atomic E-state index is 10.8. The third kappa shape index (κ3) is 3.16. The number of aliphatic hydroxyl groups is 1. The molecule has 5 heteroatoms. The van der Waals surface area contributed by atoms with Crippen LogP contribution in [0.5, 0.6) is 0 Å². The van der Waals surface area contributed by atoms with Crippen molar-refractivity contribution in [1.82, 2.24) is 5.32 Å². The van der Waals surface area contributed by atoms with Gasteiger partial charge in [0.15, 0.2) is 0 Å². The molecule has 1 amide bonds. The minimum atomic E-state index is -1.63. The molecule has 0 aliphatic carbocycles. The van der Waals surface area contributed by atoms with Crippen LogP contribution < -0.4 is 5.32 Å². The fourth-order valence-corrected chi connectivity index (χ4v) is 0.418. The van der Waals surface area contributed by atoms with Crippen LogP contribution in [0.3, 0.4) is 0 Å². The first-order valence-corrected chi connectivity index (χ1v) is 3.21. The molecule has 1 atom stereocenters. The number of amides is 1. The molecule has 0 spiro atoms. The molecule has 0 aliphatic heterocycles. The Morgan fingerprint density at radius 2 is 2.08 bits per heavy atom. The molecule has 0 fully saturated rings. The van der Waals surface area contributed by atoms with Gasteiger partial charge in [0.2, 0.25) is 12.1 Å². The Morgan fingerprint density at radius 1 is 1.58 bits per heavy atom. The molecule has 0 aliphatic rings. The molecule has 1 unspecified atom stereocenters. The molecule has 0 aromatic heterocycles. The highest BCUT2D eigenvalue weighted by molar-refractivity contribution is 5.94. The van der Waals surface area contributed by atoms with E-state index in [0.29, 0.717) is 0 Å². The molecule has 0 heterocycles. The van der Waals surface area contributed by atoms with Crippen molar-refractivity contribution >= 4 is 11.9 Å². The van der Waals surface area contributed by atoms with Crippen LogP contribution >= 0.6 is 0 Å². The van der Waals surface area contributed by atoms with Gasteiger partial charge in [-0.2, -0.15) is 0 Å². The van der Waals surface area contributed by atoms with E-state index in [2.05, 4.69) is 11.3 Å². The molecule has 12 heavy (non-hydrogen) atoms. The van der Waals surface area contributed by atoms with E-state index >= 15 is 0 Å².